The number of aromatic carboxylic acids is 1. The summed E-state index contributed by atoms with van der Waals surface area (Å²) < 4.78 is 0. The van der Waals surface area contributed by atoms with E-state index in [0.29, 0.717) is 18.2 Å². The molecule has 0 spiro atoms. The number of benzene rings is 2. The van der Waals surface area contributed by atoms with Gasteiger partial charge in [0.2, 0.25) is 5.78 Å². The van der Waals surface area contributed by atoms with Crippen molar-refractivity contribution in [2.24, 2.45) is 0 Å². The second-order valence-corrected chi connectivity index (χ2v) is 5.63. The lowest BCUT2D eigenvalue weighted by molar-refractivity contribution is -0.395. The van der Waals surface area contributed by atoms with Crippen molar-refractivity contribution < 1.29 is 44.2 Å². The number of nitrogens with zero attached hydrogens (tertiary/aromatic N) is 4. The molecule has 0 saturated carbocycles. The van der Waals surface area contributed by atoms with Gasteiger partial charge in [0.1, 0.15) is 11.1 Å². The topological polar surface area (TPSA) is 245 Å². The summed E-state index contributed by atoms with van der Waals surface area (Å²) in [5.74, 6) is -5.53. The average Bonchev–Trinajstić information content (AvgIpc) is 2.99. The number of rotatable bonds is 7. The molecule has 1 heterocycles. The van der Waals surface area contributed by atoms with Gasteiger partial charge in [-0.15, -0.1) is 0 Å². The Bertz CT molecular complexity index is 1250. The maximum Gasteiger partial charge on any atom is 0.370 e. The molecule has 0 amide bonds. The maximum atomic E-state index is 13.0. The summed E-state index contributed by atoms with van der Waals surface area (Å²) in [4.78, 5) is 73.6. The molecule has 2 aromatic rings. The number of carboxylic acid groups (broad SMARTS) is 1. The van der Waals surface area contributed by atoms with Crippen molar-refractivity contribution in [2.75, 3.05) is 0 Å². The molecule has 0 fully saturated rings. The summed E-state index contributed by atoms with van der Waals surface area (Å²) in [6.45, 7) is 0. The van der Waals surface area contributed by atoms with Crippen molar-refractivity contribution in [1.29, 1.82) is 0 Å². The van der Waals surface area contributed by atoms with Crippen LogP contribution < -0.4 is 9.78 Å². The molecule has 2 aromatic carbocycles. The van der Waals surface area contributed by atoms with Gasteiger partial charge in [0, 0.05) is 12.1 Å². The van der Waals surface area contributed by atoms with Crippen molar-refractivity contribution in [3.05, 3.63) is 75.3 Å². The number of nitro groups is 4. The molecule has 2 bridgehead atoms. The van der Waals surface area contributed by atoms with Crippen LogP contribution in [0.15, 0.2) is 18.2 Å². The third-order valence-electron chi connectivity index (χ3n) is 4.01. The zero-order valence-corrected chi connectivity index (χ0v) is 14.4. The minimum Gasteiger partial charge on any atom is -0.477 e. The fourth-order valence-electron chi connectivity index (χ4n) is 2.82. The van der Waals surface area contributed by atoms with Crippen LogP contribution >= 0.6 is 0 Å². The molecule has 0 atom stereocenters. The number of hydrogen-bond acceptors (Lipinski definition) is 12. The quantitative estimate of drug-likeness (QED) is 0.282. The van der Waals surface area contributed by atoms with E-state index in [1.165, 1.54) is 0 Å². The molecule has 1 aliphatic heterocycles. The second kappa shape index (κ2) is 6.99. The van der Waals surface area contributed by atoms with Crippen LogP contribution in [0.1, 0.15) is 26.3 Å². The first-order valence-electron chi connectivity index (χ1n) is 7.55. The van der Waals surface area contributed by atoms with Gasteiger partial charge in [-0.2, -0.15) is 0 Å². The Kier molecular flexibility index (Phi) is 4.62. The molecule has 17 nitrogen and oxygen atoms in total. The number of carbonyl (C=O) groups is 2. The smallest absolute Gasteiger partial charge is 0.370 e. The standard InChI is InChI=1S/C14H4N4O13/c19-12(5-3-7-11(18(28)29)13(31-30-7)10(5)17(26)27)8-6(15(22)23)2-1-4(14(20)21)9(8)16(24)25/h1-3H,(H,20,21). The molecule has 0 radical (unpaired) electrons. The highest BCUT2D eigenvalue weighted by atomic mass is 17.2. The molecule has 31 heavy (non-hydrogen) atoms. The number of carboxylic acids is 1. The van der Waals surface area contributed by atoms with E-state index in [1.807, 2.05) is 0 Å². The number of hydrogen-bond donors (Lipinski definition) is 1. The molecule has 3 rings (SSSR count). The van der Waals surface area contributed by atoms with Gasteiger partial charge in [0.05, 0.1) is 19.7 Å². The van der Waals surface area contributed by atoms with Gasteiger partial charge in [-0.1, -0.05) is 0 Å². The molecular weight excluding hydrogens is 432 g/mol. The largest absolute Gasteiger partial charge is 0.477 e. The minimum atomic E-state index is -1.91. The predicted octanol–water partition coefficient (Wildman–Crippen LogP) is 1.93. The summed E-state index contributed by atoms with van der Waals surface area (Å²) in [6, 6.07) is 1.45. The zero-order valence-electron chi connectivity index (χ0n) is 14.4. The third kappa shape index (κ3) is 3.06. The van der Waals surface area contributed by atoms with Crippen LogP contribution in [0, 0.1) is 40.5 Å². The molecular formula is C14H4N4O13. The van der Waals surface area contributed by atoms with E-state index in [1.54, 1.807) is 0 Å². The fraction of sp³-hybridized carbons (Fsp3) is 0. The second-order valence-electron chi connectivity index (χ2n) is 5.63. The van der Waals surface area contributed by atoms with Gasteiger partial charge >= 0.3 is 28.8 Å². The molecule has 0 unspecified atom stereocenters. The first kappa shape index (κ1) is 20.5. The Morgan fingerprint density at radius 3 is 1.84 bits per heavy atom. The SMILES string of the molecule is O=C(O)c1ccc([N+](=O)[O-])c(C(=O)c2cc3c([N+](=O)[O-])c(c2[N+](=O)[O-])OO3)c1[N+](=O)[O-]. The first-order chi connectivity index (χ1) is 14.5. The molecule has 1 aliphatic rings. The molecule has 1 N–H and O–H groups in total. The Morgan fingerprint density at radius 2 is 1.35 bits per heavy atom. The van der Waals surface area contributed by atoms with Gasteiger partial charge in [-0.05, 0) is 6.07 Å². The Morgan fingerprint density at radius 1 is 0.774 bits per heavy atom. The van der Waals surface area contributed by atoms with E-state index >= 15 is 0 Å². The van der Waals surface area contributed by atoms with Crippen LogP contribution in [0.4, 0.5) is 22.7 Å². The highest BCUT2D eigenvalue weighted by Crippen LogP contribution is 2.51. The Labute approximate surface area is 166 Å². The lowest BCUT2D eigenvalue weighted by Crippen LogP contribution is -2.14. The Hall–Kier alpha value is -5.22. The van der Waals surface area contributed by atoms with Gasteiger partial charge < -0.3 is 5.11 Å². The van der Waals surface area contributed by atoms with Gasteiger partial charge in [0.25, 0.3) is 11.4 Å². The minimum absolute atomic E-state index is 0.440. The number of nitro benzene ring substituents is 4. The third-order valence-corrected chi connectivity index (χ3v) is 4.01. The van der Waals surface area contributed by atoms with Crippen molar-refractivity contribution in [3.8, 4) is 11.5 Å². The number of carbonyl (C=O) groups excluding carboxylic acids is 1. The van der Waals surface area contributed by atoms with Crippen LogP contribution in [-0.2, 0) is 0 Å². The van der Waals surface area contributed by atoms with E-state index in [9.17, 15) is 50.0 Å². The fourth-order valence-corrected chi connectivity index (χ4v) is 2.82. The molecule has 0 saturated heterocycles. The van der Waals surface area contributed by atoms with E-state index in [0.717, 1.165) is 0 Å². The summed E-state index contributed by atoms with van der Waals surface area (Å²) in [5, 5.41) is 54.5. The van der Waals surface area contributed by atoms with E-state index in [2.05, 4.69) is 9.78 Å². The lowest BCUT2D eigenvalue weighted by atomic mass is 9.95. The van der Waals surface area contributed by atoms with Crippen LogP contribution in [0.25, 0.3) is 0 Å². The monoisotopic (exact) mass is 436 g/mol. The van der Waals surface area contributed by atoms with Gasteiger partial charge in [-0.3, -0.25) is 55.0 Å². The van der Waals surface area contributed by atoms with E-state index in [4.69, 9.17) is 5.11 Å². The first-order valence-corrected chi connectivity index (χ1v) is 7.55. The number of fused-ring (bicyclic) bond motifs is 2. The average molecular weight is 436 g/mol. The van der Waals surface area contributed by atoms with Crippen molar-refractivity contribution in [2.45, 2.75) is 0 Å². The summed E-state index contributed by atoms with van der Waals surface area (Å²) in [7, 11) is 0. The predicted molar refractivity (Wildman–Crippen MR) is 91.1 cm³/mol. The van der Waals surface area contributed by atoms with Crippen molar-refractivity contribution in [1.82, 2.24) is 0 Å². The highest BCUT2D eigenvalue weighted by Gasteiger charge is 2.46. The van der Waals surface area contributed by atoms with Crippen molar-refractivity contribution in [3.63, 3.8) is 0 Å². The van der Waals surface area contributed by atoms with E-state index in [-0.39, 0.29) is 0 Å². The molecule has 158 valence electrons. The van der Waals surface area contributed by atoms with Crippen molar-refractivity contribution >= 4 is 34.5 Å². The molecule has 17 heteroatoms. The normalized spacial score (nSPS) is 11.2. The van der Waals surface area contributed by atoms with Crippen LogP contribution in [0.3, 0.4) is 0 Å². The van der Waals surface area contributed by atoms with Gasteiger partial charge in [0.15, 0.2) is 5.56 Å². The lowest BCUT2D eigenvalue weighted by Gasteiger charge is -2.07. The van der Waals surface area contributed by atoms with Crippen LogP contribution in [-0.4, -0.2) is 36.6 Å². The highest BCUT2D eigenvalue weighted by molar-refractivity contribution is 6.18. The zero-order chi connectivity index (χ0) is 23.2. The van der Waals surface area contributed by atoms with Gasteiger partial charge in [-0.25, -0.2) is 4.79 Å². The van der Waals surface area contributed by atoms with E-state index < -0.39 is 82.4 Å². The van der Waals surface area contributed by atoms with Crippen LogP contribution in [0.5, 0.6) is 11.5 Å². The Balaban J connectivity index is 2.43. The summed E-state index contributed by atoms with van der Waals surface area (Å²) in [5.41, 5.74) is -8.68. The number of ketones is 1. The van der Waals surface area contributed by atoms with Crippen LogP contribution in [0.2, 0.25) is 0 Å². The maximum absolute atomic E-state index is 13.0. The molecule has 0 aromatic heterocycles. The summed E-state index contributed by atoms with van der Waals surface area (Å²) >= 11 is 0. The summed E-state index contributed by atoms with van der Waals surface area (Å²) in [6.07, 6.45) is 0. The molecule has 0 aliphatic carbocycles.